The number of nitrogens with one attached hydrogen (secondary N) is 1. The fraction of sp³-hybridized carbons (Fsp3) is 0.400. The Kier molecular flexibility index (Phi) is 4.52. The SMILES string of the molecule is CN(C)S(=O)(=O)Nc1cc(C(O)CN)ccc1O. The summed E-state index contributed by atoms with van der Waals surface area (Å²) >= 11 is 0. The first kappa shape index (κ1) is 14.7. The van der Waals surface area contributed by atoms with E-state index in [-0.39, 0.29) is 18.0 Å². The highest BCUT2D eigenvalue weighted by Gasteiger charge is 2.16. The first-order valence-electron chi connectivity index (χ1n) is 5.19. The van der Waals surface area contributed by atoms with Crippen LogP contribution in [0, 0.1) is 0 Å². The number of benzene rings is 1. The molecule has 7 nitrogen and oxygen atoms in total. The maximum Gasteiger partial charge on any atom is 0.301 e. The second-order valence-corrected chi connectivity index (χ2v) is 5.80. The van der Waals surface area contributed by atoms with E-state index in [1.54, 1.807) is 0 Å². The number of aliphatic hydroxyl groups excluding tert-OH is 1. The zero-order chi connectivity index (χ0) is 13.9. The quantitative estimate of drug-likeness (QED) is 0.546. The monoisotopic (exact) mass is 275 g/mol. The number of nitrogens with two attached hydrogens (primary N) is 1. The molecular weight excluding hydrogens is 258 g/mol. The first-order chi connectivity index (χ1) is 8.27. The van der Waals surface area contributed by atoms with Crippen molar-refractivity contribution in [3.8, 4) is 5.75 Å². The number of nitrogens with zero attached hydrogens (tertiary/aromatic N) is 1. The molecule has 0 aliphatic rings. The normalized spacial score (nSPS) is 13.6. The van der Waals surface area contributed by atoms with E-state index in [2.05, 4.69) is 4.72 Å². The zero-order valence-corrected chi connectivity index (χ0v) is 11.0. The zero-order valence-electron chi connectivity index (χ0n) is 10.2. The van der Waals surface area contributed by atoms with Crippen molar-refractivity contribution in [1.82, 2.24) is 4.31 Å². The molecule has 0 saturated carbocycles. The molecule has 0 bridgehead atoms. The minimum atomic E-state index is -3.71. The van der Waals surface area contributed by atoms with Crippen molar-refractivity contribution in [2.24, 2.45) is 5.73 Å². The number of hydrogen-bond acceptors (Lipinski definition) is 5. The minimum absolute atomic E-state index is 0.00461. The Balaban J connectivity index is 3.09. The van der Waals surface area contributed by atoms with Gasteiger partial charge in [-0.05, 0) is 17.7 Å². The number of aliphatic hydroxyl groups is 1. The molecular formula is C10H17N3O4S. The second-order valence-electron chi connectivity index (χ2n) is 3.92. The van der Waals surface area contributed by atoms with Crippen molar-refractivity contribution in [1.29, 1.82) is 0 Å². The third kappa shape index (κ3) is 3.33. The molecule has 0 radical (unpaired) electrons. The predicted octanol–water partition coefficient (Wildman–Crippen LogP) is -0.397. The summed E-state index contributed by atoms with van der Waals surface area (Å²) in [5.41, 5.74) is 5.73. The van der Waals surface area contributed by atoms with E-state index in [0.29, 0.717) is 5.56 Å². The lowest BCUT2D eigenvalue weighted by atomic mass is 10.1. The van der Waals surface area contributed by atoms with Gasteiger partial charge in [0.15, 0.2) is 0 Å². The van der Waals surface area contributed by atoms with E-state index in [1.165, 1.54) is 32.3 Å². The number of aromatic hydroxyl groups is 1. The molecule has 0 heterocycles. The van der Waals surface area contributed by atoms with Gasteiger partial charge in [0.1, 0.15) is 5.75 Å². The second kappa shape index (κ2) is 5.53. The van der Waals surface area contributed by atoms with Gasteiger partial charge in [0.2, 0.25) is 0 Å². The van der Waals surface area contributed by atoms with Gasteiger partial charge in [-0.3, -0.25) is 4.72 Å². The highest BCUT2D eigenvalue weighted by Crippen LogP contribution is 2.27. The number of phenols is 1. The Bertz CT molecular complexity index is 516. The Morgan fingerprint density at radius 2 is 2.06 bits per heavy atom. The molecule has 1 unspecified atom stereocenters. The van der Waals surface area contributed by atoms with Crippen molar-refractivity contribution < 1.29 is 18.6 Å². The molecule has 0 aliphatic heterocycles. The first-order valence-corrected chi connectivity index (χ1v) is 6.63. The summed E-state index contributed by atoms with van der Waals surface area (Å²) in [6.45, 7) is 0.00461. The van der Waals surface area contributed by atoms with Gasteiger partial charge in [-0.15, -0.1) is 0 Å². The Labute approximate surface area is 106 Å². The van der Waals surface area contributed by atoms with Gasteiger partial charge in [0.05, 0.1) is 11.8 Å². The van der Waals surface area contributed by atoms with Crippen LogP contribution in [0.15, 0.2) is 18.2 Å². The van der Waals surface area contributed by atoms with Gasteiger partial charge in [-0.2, -0.15) is 12.7 Å². The van der Waals surface area contributed by atoms with Gasteiger partial charge in [-0.25, -0.2) is 0 Å². The summed E-state index contributed by atoms with van der Waals surface area (Å²) in [4.78, 5) is 0. The van der Waals surface area contributed by atoms with Gasteiger partial charge in [0.25, 0.3) is 0 Å². The number of phenolic OH excluding ortho intramolecular Hbond substituents is 1. The van der Waals surface area contributed by atoms with Crippen LogP contribution in [0.25, 0.3) is 0 Å². The molecule has 0 amide bonds. The van der Waals surface area contributed by atoms with Crippen LogP contribution in [0.1, 0.15) is 11.7 Å². The van der Waals surface area contributed by atoms with Crippen molar-refractivity contribution in [3.05, 3.63) is 23.8 Å². The molecule has 0 saturated heterocycles. The summed E-state index contributed by atoms with van der Waals surface area (Å²) in [5.74, 6) is -0.228. The Morgan fingerprint density at radius 3 is 2.56 bits per heavy atom. The maximum atomic E-state index is 11.6. The predicted molar refractivity (Wildman–Crippen MR) is 68.4 cm³/mol. The summed E-state index contributed by atoms with van der Waals surface area (Å²) in [7, 11) is -0.994. The lowest BCUT2D eigenvalue weighted by Gasteiger charge is -2.16. The van der Waals surface area contributed by atoms with E-state index in [0.717, 1.165) is 4.31 Å². The van der Waals surface area contributed by atoms with Crippen molar-refractivity contribution in [2.75, 3.05) is 25.4 Å². The van der Waals surface area contributed by atoms with Crippen LogP contribution in [0.5, 0.6) is 5.75 Å². The fourth-order valence-electron chi connectivity index (χ4n) is 1.21. The number of rotatable bonds is 5. The molecule has 0 aromatic heterocycles. The van der Waals surface area contributed by atoms with Crippen LogP contribution in [0.2, 0.25) is 0 Å². The third-order valence-electron chi connectivity index (χ3n) is 2.35. The average molecular weight is 275 g/mol. The molecule has 1 rings (SSSR count). The van der Waals surface area contributed by atoms with E-state index in [4.69, 9.17) is 5.73 Å². The van der Waals surface area contributed by atoms with Crippen molar-refractivity contribution in [3.63, 3.8) is 0 Å². The Hall–Kier alpha value is -1.35. The van der Waals surface area contributed by atoms with Crippen LogP contribution in [0.4, 0.5) is 5.69 Å². The highest BCUT2D eigenvalue weighted by atomic mass is 32.2. The summed E-state index contributed by atoms with van der Waals surface area (Å²) < 4.78 is 26.4. The molecule has 1 atom stereocenters. The molecule has 1 aromatic carbocycles. The van der Waals surface area contributed by atoms with Gasteiger partial charge < -0.3 is 15.9 Å². The molecule has 0 spiro atoms. The molecule has 1 aromatic rings. The van der Waals surface area contributed by atoms with E-state index in [9.17, 15) is 18.6 Å². The van der Waals surface area contributed by atoms with E-state index >= 15 is 0 Å². The molecule has 0 fully saturated rings. The van der Waals surface area contributed by atoms with Crippen LogP contribution < -0.4 is 10.5 Å². The van der Waals surface area contributed by atoms with Crippen LogP contribution in [-0.2, 0) is 10.2 Å². The van der Waals surface area contributed by atoms with Gasteiger partial charge >= 0.3 is 10.2 Å². The molecule has 102 valence electrons. The van der Waals surface area contributed by atoms with E-state index in [1.807, 2.05) is 0 Å². The largest absolute Gasteiger partial charge is 0.506 e. The van der Waals surface area contributed by atoms with Gasteiger partial charge in [-0.1, -0.05) is 6.07 Å². The maximum absolute atomic E-state index is 11.6. The van der Waals surface area contributed by atoms with Crippen molar-refractivity contribution in [2.45, 2.75) is 6.10 Å². The van der Waals surface area contributed by atoms with Crippen molar-refractivity contribution >= 4 is 15.9 Å². The number of anilines is 1. The minimum Gasteiger partial charge on any atom is -0.506 e. The third-order valence-corrected chi connectivity index (χ3v) is 3.79. The Morgan fingerprint density at radius 1 is 1.44 bits per heavy atom. The topological polar surface area (TPSA) is 116 Å². The lowest BCUT2D eigenvalue weighted by molar-refractivity contribution is 0.186. The summed E-state index contributed by atoms with van der Waals surface area (Å²) in [6, 6.07) is 4.11. The van der Waals surface area contributed by atoms with Gasteiger partial charge in [0, 0.05) is 20.6 Å². The highest BCUT2D eigenvalue weighted by molar-refractivity contribution is 7.90. The van der Waals surface area contributed by atoms with Crippen LogP contribution >= 0.6 is 0 Å². The van der Waals surface area contributed by atoms with Crippen LogP contribution in [0.3, 0.4) is 0 Å². The lowest BCUT2D eigenvalue weighted by Crippen LogP contribution is -2.29. The fourth-order valence-corrected chi connectivity index (χ4v) is 1.83. The molecule has 5 N–H and O–H groups in total. The molecule has 8 heteroatoms. The molecule has 18 heavy (non-hydrogen) atoms. The number of hydrogen-bond donors (Lipinski definition) is 4. The average Bonchev–Trinajstić information content (AvgIpc) is 2.30. The summed E-state index contributed by atoms with van der Waals surface area (Å²) in [5, 5.41) is 19.1. The van der Waals surface area contributed by atoms with E-state index < -0.39 is 16.3 Å². The standard InChI is InChI=1S/C10H17N3O4S/c1-13(2)18(16,17)12-8-5-7(10(15)6-11)3-4-9(8)14/h3-5,10,12,14-15H,6,11H2,1-2H3. The summed E-state index contributed by atoms with van der Waals surface area (Å²) in [6.07, 6.45) is -0.909. The smallest absolute Gasteiger partial charge is 0.301 e. The molecule has 0 aliphatic carbocycles. The van der Waals surface area contributed by atoms with Crippen LogP contribution in [-0.4, -0.2) is 43.6 Å².